The Labute approximate surface area is 75.6 Å². The van der Waals surface area contributed by atoms with Crippen molar-refractivity contribution in [2.24, 2.45) is 0 Å². The minimum absolute atomic E-state index is 0.291. The van der Waals surface area contributed by atoms with Gasteiger partial charge in [-0.1, -0.05) is 5.92 Å². The molecule has 0 aliphatic heterocycles. The molecule has 0 radical (unpaired) electrons. The topological polar surface area (TPSA) is 23.5 Å². The molecule has 0 aromatic rings. The molecule has 0 fully saturated rings. The lowest BCUT2D eigenvalue weighted by molar-refractivity contribution is 0.270. The van der Waals surface area contributed by atoms with E-state index in [1.54, 1.807) is 0 Å². The Balaban J connectivity index is 3.69. The maximum atomic E-state index is 8.60. The second-order valence-electron chi connectivity index (χ2n) is 3.09. The predicted molar refractivity (Wildman–Crippen MR) is 51.9 cm³/mol. The number of aliphatic hydroxyl groups is 1. The van der Waals surface area contributed by atoms with Gasteiger partial charge in [0.05, 0.1) is 6.04 Å². The molecule has 0 aliphatic carbocycles. The first kappa shape index (κ1) is 11.5. The average Bonchev–Trinajstić information content (AvgIpc) is 2.03. The summed E-state index contributed by atoms with van der Waals surface area (Å²) >= 11 is 0. The van der Waals surface area contributed by atoms with E-state index >= 15 is 0 Å². The summed E-state index contributed by atoms with van der Waals surface area (Å²) in [4.78, 5) is 2.12. The van der Waals surface area contributed by atoms with Crippen LogP contribution in [-0.4, -0.2) is 36.8 Å². The predicted octanol–water partition coefficient (Wildman–Crippen LogP) is 1.10. The first-order valence-electron chi connectivity index (χ1n) is 4.42. The summed E-state index contributed by atoms with van der Waals surface area (Å²) in [5.41, 5.74) is 0. The molecule has 0 rings (SSSR count). The monoisotopic (exact) mass is 169 g/mol. The molecule has 0 aromatic heterocycles. The molecule has 0 saturated carbocycles. The highest BCUT2D eigenvalue weighted by molar-refractivity contribution is 5.05. The first-order chi connectivity index (χ1) is 5.72. The molecule has 0 aromatic carbocycles. The number of unbranched alkanes of at least 4 members (excludes halogenated alkanes) is 1. The van der Waals surface area contributed by atoms with Crippen LogP contribution in [0.4, 0.5) is 0 Å². The summed E-state index contributed by atoms with van der Waals surface area (Å²) in [7, 11) is 4.07. The molecular weight excluding hydrogens is 150 g/mol. The van der Waals surface area contributed by atoms with E-state index in [-0.39, 0.29) is 0 Å². The van der Waals surface area contributed by atoms with Crippen LogP contribution >= 0.6 is 0 Å². The van der Waals surface area contributed by atoms with Gasteiger partial charge >= 0.3 is 0 Å². The second-order valence-corrected chi connectivity index (χ2v) is 3.09. The normalized spacial score (nSPS) is 12.4. The fourth-order valence-corrected chi connectivity index (χ4v) is 1.08. The van der Waals surface area contributed by atoms with Crippen molar-refractivity contribution in [3.63, 3.8) is 0 Å². The van der Waals surface area contributed by atoms with Crippen molar-refractivity contribution in [3.8, 4) is 11.8 Å². The van der Waals surface area contributed by atoms with Crippen LogP contribution in [0.5, 0.6) is 0 Å². The van der Waals surface area contributed by atoms with Gasteiger partial charge in [0.15, 0.2) is 0 Å². The van der Waals surface area contributed by atoms with Crippen molar-refractivity contribution in [2.45, 2.75) is 32.2 Å². The van der Waals surface area contributed by atoms with Gasteiger partial charge in [0, 0.05) is 6.61 Å². The highest BCUT2D eigenvalue weighted by Gasteiger charge is 2.05. The number of hydrogen-bond donors (Lipinski definition) is 1. The molecule has 2 heteroatoms. The summed E-state index contributed by atoms with van der Waals surface area (Å²) < 4.78 is 0. The van der Waals surface area contributed by atoms with Gasteiger partial charge in [-0.2, -0.15) is 0 Å². The van der Waals surface area contributed by atoms with E-state index in [2.05, 4.69) is 16.7 Å². The Morgan fingerprint density at radius 3 is 2.42 bits per heavy atom. The zero-order valence-corrected chi connectivity index (χ0v) is 8.30. The maximum absolute atomic E-state index is 8.60. The Morgan fingerprint density at radius 1 is 1.33 bits per heavy atom. The second kappa shape index (κ2) is 7.15. The molecule has 0 saturated heterocycles. The molecule has 0 amide bonds. The summed E-state index contributed by atoms with van der Waals surface area (Å²) in [6, 6.07) is 0.349. The summed E-state index contributed by atoms with van der Waals surface area (Å²) in [5.74, 6) is 6.06. The van der Waals surface area contributed by atoms with Gasteiger partial charge in [-0.3, -0.25) is 4.90 Å². The van der Waals surface area contributed by atoms with Crippen molar-refractivity contribution in [1.29, 1.82) is 0 Å². The van der Waals surface area contributed by atoms with Crippen molar-refractivity contribution in [2.75, 3.05) is 20.7 Å². The molecule has 0 bridgehead atoms. The van der Waals surface area contributed by atoms with Crippen LogP contribution in [0.1, 0.15) is 26.2 Å². The number of hydrogen-bond acceptors (Lipinski definition) is 2. The lowest BCUT2D eigenvalue weighted by atomic mass is 10.1. The SMILES string of the molecule is CC#CC(CCCCO)N(C)C. The Morgan fingerprint density at radius 2 is 2.00 bits per heavy atom. The van der Waals surface area contributed by atoms with E-state index in [1.807, 2.05) is 21.0 Å². The van der Waals surface area contributed by atoms with E-state index in [1.165, 1.54) is 0 Å². The van der Waals surface area contributed by atoms with E-state index < -0.39 is 0 Å². The van der Waals surface area contributed by atoms with E-state index in [0.717, 1.165) is 19.3 Å². The third-order valence-corrected chi connectivity index (χ3v) is 1.82. The average molecular weight is 169 g/mol. The van der Waals surface area contributed by atoms with E-state index in [4.69, 9.17) is 5.11 Å². The van der Waals surface area contributed by atoms with Gasteiger partial charge < -0.3 is 5.11 Å². The van der Waals surface area contributed by atoms with Crippen LogP contribution in [0.2, 0.25) is 0 Å². The van der Waals surface area contributed by atoms with Crippen molar-refractivity contribution in [1.82, 2.24) is 4.90 Å². The van der Waals surface area contributed by atoms with Crippen molar-refractivity contribution in [3.05, 3.63) is 0 Å². The summed E-state index contributed by atoms with van der Waals surface area (Å²) in [6.45, 7) is 2.16. The van der Waals surface area contributed by atoms with Gasteiger partial charge in [0.2, 0.25) is 0 Å². The molecule has 1 N–H and O–H groups in total. The van der Waals surface area contributed by atoms with Crippen LogP contribution in [0, 0.1) is 11.8 Å². The number of aliphatic hydroxyl groups excluding tert-OH is 1. The van der Waals surface area contributed by atoms with E-state index in [0.29, 0.717) is 12.6 Å². The van der Waals surface area contributed by atoms with Gasteiger partial charge in [-0.25, -0.2) is 0 Å². The fraction of sp³-hybridized carbons (Fsp3) is 0.800. The summed E-state index contributed by atoms with van der Waals surface area (Å²) in [5, 5.41) is 8.60. The zero-order chi connectivity index (χ0) is 9.40. The number of nitrogens with zero attached hydrogens (tertiary/aromatic N) is 1. The zero-order valence-electron chi connectivity index (χ0n) is 8.30. The van der Waals surface area contributed by atoms with E-state index in [9.17, 15) is 0 Å². The fourth-order valence-electron chi connectivity index (χ4n) is 1.08. The quantitative estimate of drug-likeness (QED) is 0.492. The molecular formula is C10H19NO. The molecule has 12 heavy (non-hydrogen) atoms. The standard InChI is InChI=1S/C10H19NO/c1-4-7-10(11(2)3)8-5-6-9-12/h10,12H,5-6,8-9H2,1-3H3. The van der Waals surface area contributed by atoms with Gasteiger partial charge in [0.25, 0.3) is 0 Å². The third-order valence-electron chi connectivity index (χ3n) is 1.82. The Hall–Kier alpha value is -0.520. The van der Waals surface area contributed by atoms with Crippen molar-refractivity contribution >= 4 is 0 Å². The third kappa shape index (κ3) is 5.17. The molecule has 1 atom stereocenters. The summed E-state index contributed by atoms with van der Waals surface area (Å²) in [6.07, 6.45) is 2.98. The molecule has 1 unspecified atom stereocenters. The van der Waals surface area contributed by atoms with Crippen LogP contribution in [0.3, 0.4) is 0 Å². The van der Waals surface area contributed by atoms with Crippen LogP contribution in [-0.2, 0) is 0 Å². The van der Waals surface area contributed by atoms with Crippen molar-refractivity contribution < 1.29 is 5.11 Å². The Kier molecular flexibility index (Phi) is 6.84. The van der Waals surface area contributed by atoms with Crippen LogP contribution in [0.15, 0.2) is 0 Å². The highest BCUT2D eigenvalue weighted by Crippen LogP contribution is 2.04. The largest absolute Gasteiger partial charge is 0.396 e. The lowest BCUT2D eigenvalue weighted by Crippen LogP contribution is -2.26. The van der Waals surface area contributed by atoms with Crippen LogP contribution in [0.25, 0.3) is 0 Å². The van der Waals surface area contributed by atoms with Crippen LogP contribution < -0.4 is 0 Å². The Bertz CT molecular complexity index is 155. The molecule has 2 nitrogen and oxygen atoms in total. The minimum atomic E-state index is 0.291. The molecule has 0 heterocycles. The molecule has 70 valence electrons. The van der Waals surface area contributed by atoms with Gasteiger partial charge in [-0.15, -0.1) is 5.92 Å². The number of rotatable bonds is 5. The maximum Gasteiger partial charge on any atom is 0.0709 e. The minimum Gasteiger partial charge on any atom is -0.396 e. The highest BCUT2D eigenvalue weighted by atomic mass is 16.2. The molecule has 0 aliphatic rings. The lowest BCUT2D eigenvalue weighted by Gasteiger charge is -2.18. The first-order valence-corrected chi connectivity index (χ1v) is 4.42. The molecule has 0 spiro atoms. The van der Waals surface area contributed by atoms with Gasteiger partial charge in [0.1, 0.15) is 0 Å². The van der Waals surface area contributed by atoms with Gasteiger partial charge in [-0.05, 0) is 40.3 Å². The smallest absolute Gasteiger partial charge is 0.0709 e.